The molecule has 3 aromatic rings. The molecule has 0 fully saturated rings. The van der Waals surface area contributed by atoms with Gasteiger partial charge in [-0.05, 0) is 24.3 Å². The Morgan fingerprint density at radius 1 is 1.33 bits per heavy atom. The smallest absolute Gasteiger partial charge is 0.336 e. The molecule has 1 N–H and O–H groups in total. The Kier molecular flexibility index (Phi) is 3.53. The average molecular weight is 320 g/mol. The average Bonchev–Trinajstić information content (AvgIpc) is 2.91. The van der Waals surface area contributed by atoms with Crippen molar-refractivity contribution in [3.63, 3.8) is 0 Å². The number of ether oxygens (including phenoxy) is 1. The normalized spacial score (nSPS) is 10.8. The first-order valence-corrected chi connectivity index (χ1v) is 7.31. The molecule has 3 rings (SSSR count). The van der Waals surface area contributed by atoms with Crippen LogP contribution in [0.5, 0.6) is 5.75 Å². The minimum Gasteiger partial charge on any atom is -0.497 e. The fourth-order valence-electron chi connectivity index (χ4n) is 2.10. The summed E-state index contributed by atoms with van der Waals surface area (Å²) < 4.78 is 5.80. The number of fused-ring (bicyclic) bond motifs is 1. The van der Waals surface area contributed by atoms with Gasteiger partial charge in [0.05, 0.1) is 28.2 Å². The summed E-state index contributed by atoms with van der Waals surface area (Å²) in [5, 5.41) is 11.8. The molecule has 1 aromatic carbocycles. The molecule has 0 atom stereocenters. The highest BCUT2D eigenvalue weighted by Gasteiger charge is 2.14. The Morgan fingerprint density at radius 2 is 2.14 bits per heavy atom. The first kappa shape index (κ1) is 13.9. The summed E-state index contributed by atoms with van der Waals surface area (Å²) >= 11 is 7.31. The fourth-order valence-corrected chi connectivity index (χ4v) is 2.98. The second kappa shape index (κ2) is 5.35. The third-order valence-corrected chi connectivity index (χ3v) is 4.20. The maximum Gasteiger partial charge on any atom is 0.336 e. The Hall–Kier alpha value is -2.11. The van der Waals surface area contributed by atoms with Crippen molar-refractivity contribution in [1.29, 1.82) is 0 Å². The molecular formula is C15H10ClNO3S. The molecule has 0 unspecified atom stereocenters. The van der Waals surface area contributed by atoms with Crippen LogP contribution in [-0.4, -0.2) is 23.2 Å². The Morgan fingerprint density at radius 3 is 2.76 bits per heavy atom. The van der Waals surface area contributed by atoms with E-state index in [4.69, 9.17) is 16.3 Å². The quantitative estimate of drug-likeness (QED) is 0.781. The van der Waals surface area contributed by atoms with Crippen molar-refractivity contribution >= 4 is 39.8 Å². The van der Waals surface area contributed by atoms with E-state index in [1.165, 1.54) is 11.3 Å². The van der Waals surface area contributed by atoms with Crippen molar-refractivity contribution in [3.8, 4) is 17.0 Å². The largest absolute Gasteiger partial charge is 0.497 e. The van der Waals surface area contributed by atoms with Crippen LogP contribution in [0.1, 0.15) is 10.4 Å². The number of aromatic carboxylic acids is 1. The molecule has 2 aromatic heterocycles. The third kappa shape index (κ3) is 2.57. The number of benzene rings is 1. The second-order valence-corrected chi connectivity index (χ2v) is 5.93. The highest BCUT2D eigenvalue weighted by molar-refractivity contribution is 7.14. The third-order valence-electron chi connectivity index (χ3n) is 3.11. The van der Waals surface area contributed by atoms with Gasteiger partial charge >= 0.3 is 5.97 Å². The highest BCUT2D eigenvalue weighted by atomic mass is 35.5. The van der Waals surface area contributed by atoms with Crippen LogP contribution in [-0.2, 0) is 0 Å². The van der Waals surface area contributed by atoms with E-state index in [0.717, 1.165) is 5.56 Å². The van der Waals surface area contributed by atoms with E-state index in [-0.39, 0.29) is 5.56 Å². The number of carboxylic acids is 1. The van der Waals surface area contributed by atoms with Gasteiger partial charge in [-0.15, -0.1) is 11.3 Å². The van der Waals surface area contributed by atoms with Gasteiger partial charge in [-0.3, -0.25) is 0 Å². The Balaban J connectivity index is 2.29. The molecule has 0 aliphatic carbocycles. The summed E-state index contributed by atoms with van der Waals surface area (Å²) in [6, 6.07) is 8.48. The molecule has 6 heteroatoms. The van der Waals surface area contributed by atoms with E-state index < -0.39 is 5.97 Å². The predicted molar refractivity (Wildman–Crippen MR) is 83.6 cm³/mol. The first-order valence-electron chi connectivity index (χ1n) is 6.05. The lowest BCUT2D eigenvalue weighted by Gasteiger charge is -2.07. The van der Waals surface area contributed by atoms with E-state index in [0.29, 0.717) is 26.7 Å². The van der Waals surface area contributed by atoms with Crippen LogP contribution in [0.15, 0.2) is 35.7 Å². The Bertz CT molecular complexity index is 844. The van der Waals surface area contributed by atoms with E-state index in [1.807, 2.05) is 5.38 Å². The molecule has 0 aliphatic heterocycles. The van der Waals surface area contributed by atoms with Gasteiger partial charge < -0.3 is 9.84 Å². The molecule has 0 spiro atoms. The van der Waals surface area contributed by atoms with Crippen molar-refractivity contribution in [3.05, 3.63) is 45.6 Å². The topological polar surface area (TPSA) is 59.4 Å². The number of hydrogen-bond donors (Lipinski definition) is 1. The molecule has 21 heavy (non-hydrogen) atoms. The fraction of sp³-hybridized carbons (Fsp3) is 0.0667. The van der Waals surface area contributed by atoms with Gasteiger partial charge in [-0.25, -0.2) is 9.78 Å². The molecule has 0 amide bonds. The number of halogens is 1. The second-order valence-electron chi connectivity index (χ2n) is 4.38. The first-order chi connectivity index (χ1) is 10.1. The van der Waals surface area contributed by atoms with Crippen molar-refractivity contribution in [2.75, 3.05) is 7.11 Å². The van der Waals surface area contributed by atoms with Gasteiger partial charge in [-0.2, -0.15) is 0 Å². The van der Waals surface area contributed by atoms with E-state index in [9.17, 15) is 9.90 Å². The van der Waals surface area contributed by atoms with Gasteiger partial charge in [0.25, 0.3) is 0 Å². The van der Waals surface area contributed by atoms with Crippen LogP contribution < -0.4 is 4.74 Å². The zero-order valence-corrected chi connectivity index (χ0v) is 12.5. The summed E-state index contributed by atoms with van der Waals surface area (Å²) in [5.41, 5.74) is 2.17. The standard InChI is InChI=1S/C15H10ClNO3S/c1-20-9-2-3-10-11(15(18)19)6-12(17-13(10)5-9)8-4-14(16)21-7-8/h2-7H,1H3,(H,18,19). The van der Waals surface area contributed by atoms with Crippen LogP contribution >= 0.6 is 22.9 Å². The number of aromatic nitrogens is 1. The Labute approximate surface area is 129 Å². The number of carboxylic acid groups (broad SMARTS) is 1. The molecule has 2 heterocycles. The molecular weight excluding hydrogens is 310 g/mol. The molecule has 4 nitrogen and oxygen atoms in total. The molecule has 0 bridgehead atoms. The van der Waals surface area contributed by atoms with E-state index in [1.54, 1.807) is 37.4 Å². The highest BCUT2D eigenvalue weighted by Crippen LogP contribution is 2.31. The maximum atomic E-state index is 11.5. The molecule has 0 saturated heterocycles. The van der Waals surface area contributed by atoms with Gasteiger partial charge in [0.15, 0.2) is 0 Å². The monoisotopic (exact) mass is 319 g/mol. The number of methoxy groups -OCH3 is 1. The number of hydrogen-bond acceptors (Lipinski definition) is 4. The van der Waals surface area contributed by atoms with Crippen molar-refractivity contribution in [2.45, 2.75) is 0 Å². The zero-order valence-electron chi connectivity index (χ0n) is 11.0. The zero-order chi connectivity index (χ0) is 15.0. The van der Waals surface area contributed by atoms with Crippen molar-refractivity contribution < 1.29 is 14.6 Å². The van der Waals surface area contributed by atoms with Crippen LogP contribution in [0.2, 0.25) is 4.34 Å². The minimum absolute atomic E-state index is 0.208. The molecule has 0 radical (unpaired) electrons. The number of pyridine rings is 1. The van der Waals surface area contributed by atoms with Crippen molar-refractivity contribution in [1.82, 2.24) is 4.98 Å². The SMILES string of the molecule is COc1ccc2c(C(=O)O)cc(-c3csc(Cl)c3)nc2c1. The summed E-state index contributed by atoms with van der Waals surface area (Å²) in [5.74, 6) is -0.359. The molecule has 0 aliphatic rings. The molecule has 0 saturated carbocycles. The number of thiophene rings is 1. The lowest BCUT2D eigenvalue weighted by atomic mass is 10.1. The van der Waals surface area contributed by atoms with Gasteiger partial charge in [-0.1, -0.05) is 11.6 Å². The van der Waals surface area contributed by atoms with Crippen LogP contribution in [0, 0.1) is 0 Å². The predicted octanol–water partition coefficient (Wildman–Crippen LogP) is 4.32. The van der Waals surface area contributed by atoms with Crippen LogP contribution in [0.4, 0.5) is 0 Å². The molecule has 106 valence electrons. The van der Waals surface area contributed by atoms with E-state index in [2.05, 4.69) is 4.98 Å². The minimum atomic E-state index is -0.991. The lowest BCUT2D eigenvalue weighted by Crippen LogP contribution is -2.00. The number of nitrogens with zero attached hydrogens (tertiary/aromatic N) is 1. The van der Waals surface area contributed by atoms with Gasteiger partial charge in [0, 0.05) is 22.4 Å². The maximum absolute atomic E-state index is 11.5. The van der Waals surface area contributed by atoms with Crippen LogP contribution in [0.3, 0.4) is 0 Å². The van der Waals surface area contributed by atoms with Gasteiger partial charge in [0.1, 0.15) is 5.75 Å². The van der Waals surface area contributed by atoms with Crippen LogP contribution in [0.25, 0.3) is 22.2 Å². The number of rotatable bonds is 3. The summed E-state index contributed by atoms with van der Waals surface area (Å²) in [4.78, 5) is 16.0. The lowest BCUT2D eigenvalue weighted by molar-refractivity contribution is 0.0699. The van der Waals surface area contributed by atoms with Gasteiger partial charge in [0.2, 0.25) is 0 Å². The summed E-state index contributed by atoms with van der Waals surface area (Å²) in [6.07, 6.45) is 0. The van der Waals surface area contributed by atoms with E-state index >= 15 is 0 Å². The van der Waals surface area contributed by atoms with Crippen molar-refractivity contribution in [2.24, 2.45) is 0 Å². The number of carbonyl (C=O) groups is 1. The summed E-state index contributed by atoms with van der Waals surface area (Å²) in [6.45, 7) is 0. The summed E-state index contributed by atoms with van der Waals surface area (Å²) in [7, 11) is 1.56.